The second-order valence-electron chi connectivity index (χ2n) is 7.04. The molecule has 0 unspecified atom stereocenters. The summed E-state index contributed by atoms with van der Waals surface area (Å²) in [4.78, 5) is 23.1. The number of H-pyrrole nitrogens is 1. The third-order valence-corrected chi connectivity index (χ3v) is 5.93. The Bertz CT molecular complexity index is 883. The fourth-order valence-corrected chi connectivity index (χ4v) is 4.20. The Morgan fingerprint density at radius 1 is 1.41 bits per heavy atom. The van der Waals surface area contributed by atoms with E-state index in [4.69, 9.17) is 0 Å². The average Bonchev–Trinajstić information content (AvgIpc) is 3.26. The van der Waals surface area contributed by atoms with Crippen LogP contribution >= 0.6 is 11.3 Å². The van der Waals surface area contributed by atoms with E-state index >= 15 is 0 Å². The Hall–Kier alpha value is -1.79. The molecule has 1 fully saturated rings. The van der Waals surface area contributed by atoms with E-state index in [1.807, 2.05) is 19.9 Å². The summed E-state index contributed by atoms with van der Waals surface area (Å²) in [6.07, 6.45) is 4.04. The summed E-state index contributed by atoms with van der Waals surface area (Å²) in [7, 11) is 0. The van der Waals surface area contributed by atoms with Gasteiger partial charge in [0, 0.05) is 4.88 Å². The van der Waals surface area contributed by atoms with Crippen LogP contribution < -0.4 is 5.56 Å². The van der Waals surface area contributed by atoms with Crippen LogP contribution in [0.4, 0.5) is 4.39 Å². The highest BCUT2D eigenvalue weighted by Crippen LogP contribution is 2.34. The number of hydrogen-bond donors (Lipinski definition) is 1. The zero-order valence-corrected chi connectivity index (χ0v) is 17.8. The number of allylic oxidation sites excluding steroid dienone is 3. The van der Waals surface area contributed by atoms with Gasteiger partial charge in [0.15, 0.2) is 0 Å². The number of nitrogens with zero attached hydrogens (tertiary/aromatic N) is 2. The molecule has 1 saturated heterocycles. The molecular weight excluding hydrogens is 361 g/mol. The van der Waals surface area contributed by atoms with Gasteiger partial charge in [-0.1, -0.05) is 26.5 Å². The Morgan fingerprint density at radius 2 is 2.04 bits per heavy atom. The molecule has 148 valence electrons. The number of halogens is 1. The third kappa shape index (κ3) is 4.93. The number of thiophene rings is 1. The predicted octanol–water partition coefficient (Wildman–Crippen LogP) is 5.31. The number of aromatic nitrogens is 2. The first-order valence-corrected chi connectivity index (χ1v) is 10.4. The molecule has 4 nitrogen and oxygen atoms in total. The lowest BCUT2D eigenvalue weighted by Gasteiger charge is -2.18. The summed E-state index contributed by atoms with van der Waals surface area (Å²) in [6, 6.07) is 1.87. The van der Waals surface area contributed by atoms with E-state index in [9.17, 15) is 9.18 Å². The van der Waals surface area contributed by atoms with Crippen LogP contribution in [0.2, 0.25) is 0 Å². The average molecular weight is 392 g/mol. The quantitative estimate of drug-likeness (QED) is 0.702. The van der Waals surface area contributed by atoms with Crippen molar-refractivity contribution in [2.45, 2.75) is 59.7 Å². The van der Waals surface area contributed by atoms with Crippen molar-refractivity contribution in [2.24, 2.45) is 0 Å². The first-order valence-electron chi connectivity index (χ1n) is 9.58. The van der Waals surface area contributed by atoms with Gasteiger partial charge in [-0.05, 0) is 63.9 Å². The van der Waals surface area contributed by atoms with Gasteiger partial charge in [0.05, 0.1) is 12.1 Å². The SMILES string of the molecule is C=C/C(=C(\C)C(C)(C)F)c1cc2nc(CN3CCCC3)[nH]c(=O)c2s1.CC. The second kappa shape index (κ2) is 8.93. The minimum Gasteiger partial charge on any atom is -0.308 e. The van der Waals surface area contributed by atoms with Crippen LogP contribution in [0.5, 0.6) is 0 Å². The maximum absolute atomic E-state index is 14.3. The Labute approximate surface area is 164 Å². The van der Waals surface area contributed by atoms with Gasteiger partial charge in [0.25, 0.3) is 5.56 Å². The van der Waals surface area contributed by atoms with Crippen molar-refractivity contribution in [3.8, 4) is 0 Å². The highest BCUT2D eigenvalue weighted by Gasteiger charge is 2.23. The summed E-state index contributed by atoms with van der Waals surface area (Å²) in [5, 5.41) is 0. The first kappa shape index (κ1) is 21.5. The van der Waals surface area contributed by atoms with Gasteiger partial charge in [-0.15, -0.1) is 11.3 Å². The molecule has 0 bridgehead atoms. The number of rotatable bonds is 5. The number of likely N-dealkylation sites (tertiary alicyclic amines) is 1. The molecule has 3 heterocycles. The molecule has 6 heteroatoms. The Kier molecular flexibility index (Phi) is 7.12. The van der Waals surface area contributed by atoms with Gasteiger partial charge >= 0.3 is 0 Å². The van der Waals surface area contributed by atoms with Crippen molar-refractivity contribution >= 4 is 27.1 Å². The molecule has 0 saturated carbocycles. The van der Waals surface area contributed by atoms with Gasteiger partial charge in [0.1, 0.15) is 16.2 Å². The Morgan fingerprint density at radius 3 is 2.59 bits per heavy atom. The van der Waals surface area contributed by atoms with Gasteiger partial charge in [-0.2, -0.15) is 0 Å². The molecule has 0 aliphatic carbocycles. The summed E-state index contributed by atoms with van der Waals surface area (Å²) in [5.74, 6) is 0.690. The molecule has 0 aromatic carbocycles. The van der Waals surface area contributed by atoms with E-state index in [2.05, 4.69) is 21.4 Å². The largest absolute Gasteiger partial charge is 0.308 e. The number of aromatic amines is 1. The molecule has 1 aliphatic heterocycles. The summed E-state index contributed by atoms with van der Waals surface area (Å²) in [6.45, 7) is 15.4. The van der Waals surface area contributed by atoms with Crippen molar-refractivity contribution < 1.29 is 4.39 Å². The lowest BCUT2D eigenvalue weighted by Crippen LogP contribution is -2.22. The van der Waals surface area contributed by atoms with Crippen LogP contribution in [0.3, 0.4) is 0 Å². The number of fused-ring (bicyclic) bond motifs is 1. The van der Waals surface area contributed by atoms with Crippen molar-refractivity contribution in [3.63, 3.8) is 0 Å². The molecule has 27 heavy (non-hydrogen) atoms. The molecule has 2 aromatic rings. The van der Waals surface area contributed by atoms with Crippen molar-refractivity contribution in [3.05, 3.63) is 45.3 Å². The van der Waals surface area contributed by atoms with Gasteiger partial charge < -0.3 is 4.98 Å². The van der Waals surface area contributed by atoms with E-state index in [1.165, 1.54) is 38.0 Å². The van der Waals surface area contributed by atoms with Crippen LogP contribution in [0.1, 0.15) is 58.2 Å². The Balaban J connectivity index is 0.00000126. The van der Waals surface area contributed by atoms with Crippen molar-refractivity contribution in [1.29, 1.82) is 0 Å². The molecule has 1 aliphatic rings. The topological polar surface area (TPSA) is 49.0 Å². The predicted molar refractivity (Wildman–Crippen MR) is 114 cm³/mol. The van der Waals surface area contributed by atoms with Gasteiger partial charge in [-0.25, -0.2) is 9.37 Å². The molecule has 0 spiro atoms. The normalized spacial score (nSPS) is 16.1. The molecular formula is C21H30FN3OS. The lowest BCUT2D eigenvalue weighted by atomic mass is 9.95. The van der Waals surface area contributed by atoms with Gasteiger partial charge in [0.2, 0.25) is 0 Å². The first-order chi connectivity index (χ1) is 12.8. The van der Waals surface area contributed by atoms with Crippen molar-refractivity contribution in [1.82, 2.24) is 14.9 Å². The van der Waals surface area contributed by atoms with Crippen LogP contribution in [0, 0.1) is 0 Å². The van der Waals surface area contributed by atoms with E-state index in [-0.39, 0.29) is 5.56 Å². The summed E-state index contributed by atoms with van der Waals surface area (Å²) < 4.78 is 14.9. The fraction of sp³-hybridized carbons (Fsp3) is 0.524. The van der Waals surface area contributed by atoms with E-state index in [1.54, 1.807) is 13.0 Å². The molecule has 2 aromatic heterocycles. The zero-order valence-electron chi connectivity index (χ0n) is 17.0. The number of nitrogens with one attached hydrogen (secondary N) is 1. The van der Waals surface area contributed by atoms with Gasteiger partial charge in [-0.3, -0.25) is 9.69 Å². The highest BCUT2D eigenvalue weighted by atomic mass is 32.1. The molecule has 1 N–H and O–H groups in total. The third-order valence-electron chi connectivity index (χ3n) is 4.77. The van der Waals surface area contributed by atoms with Crippen LogP contribution in [0.15, 0.2) is 29.1 Å². The van der Waals surface area contributed by atoms with E-state index < -0.39 is 5.67 Å². The molecule has 0 radical (unpaired) electrons. The van der Waals surface area contributed by atoms with Crippen LogP contribution in [0.25, 0.3) is 15.8 Å². The fourth-order valence-electron chi connectivity index (χ4n) is 3.11. The molecule has 3 rings (SSSR count). The van der Waals surface area contributed by atoms with E-state index in [0.29, 0.717) is 28.2 Å². The maximum atomic E-state index is 14.3. The van der Waals surface area contributed by atoms with Crippen LogP contribution in [-0.2, 0) is 6.54 Å². The zero-order chi connectivity index (χ0) is 20.2. The minimum atomic E-state index is -1.44. The summed E-state index contributed by atoms with van der Waals surface area (Å²) >= 11 is 1.34. The van der Waals surface area contributed by atoms with E-state index in [0.717, 1.165) is 23.5 Å². The number of alkyl halides is 1. The highest BCUT2D eigenvalue weighted by molar-refractivity contribution is 7.20. The van der Waals surface area contributed by atoms with Crippen molar-refractivity contribution in [2.75, 3.05) is 13.1 Å². The summed E-state index contributed by atoms with van der Waals surface area (Å²) in [5.41, 5.74) is 0.428. The number of hydrogen-bond acceptors (Lipinski definition) is 4. The standard InChI is InChI=1S/C19H24FN3OS.C2H6/c1-5-13(12(2)19(3,4)20)15-10-14-17(25-15)18(24)22-16(21-14)11-23-8-6-7-9-23;1-2/h5,10H,1,6-9,11H2,2-4H3,(H,21,22,24);1-2H3/b13-12-;. The molecule has 0 amide bonds. The maximum Gasteiger partial charge on any atom is 0.268 e. The molecule has 0 atom stereocenters. The second-order valence-corrected chi connectivity index (χ2v) is 8.09. The van der Waals surface area contributed by atoms with Crippen LogP contribution in [-0.4, -0.2) is 33.6 Å². The lowest BCUT2D eigenvalue weighted by molar-refractivity contribution is 0.269. The smallest absolute Gasteiger partial charge is 0.268 e. The monoisotopic (exact) mass is 391 g/mol. The minimum absolute atomic E-state index is 0.129.